The molecule has 2 N–H and O–H groups in total. The van der Waals surface area contributed by atoms with E-state index in [4.69, 9.17) is 9.47 Å². The molecule has 1 aromatic rings. The van der Waals surface area contributed by atoms with Gasteiger partial charge < -0.3 is 24.7 Å². The third-order valence-electron chi connectivity index (χ3n) is 9.99. The first-order valence-corrected chi connectivity index (χ1v) is 13.6. The van der Waals surface area contributed by atoms with E-state index < -0.39 is 64.2 Å². The van der Waals surface area contributed by atoms with Crippen molar-refractivity contribution in [3.05, 3.63) is 53.1 Å². The Morgan fingerprint density at radius 2 is 1.87 bits per heavy atom. The van der Waals surface area contributed by atoms with Crippen molar-refractivity contribution in [2.75, 3.05) is 12.4 Å². The van der Waals surface area contributed by atoms with Crippen LogP contribution in [-0.2, 0) is 23.9 Å². The third kappa shape index (κ3) is 3.67. The van der Waals surface area contributed by atoms with E-state index in [9.17, 15) is 24.3 Å². The zero-order chi connectivity index (χ0) is 28.5. The number of ether oxygens (including phenoxy) is 2. The molecule has 208 valence electrons. The van der Waals surface area contributed by atoms with Crippen LogP contribution in [0.5, 0.6) is 0 Å². The first kappa shape index (κ1) is 27.3. The third-order valence-corrected chi connectivity index (χ3v) is 9.99. The molecule has 8 atom stereocenters. The minimum absolute atomic E-state index is 0.0403. The number of ketones is 1. The fourth-order valence-corrected chi connectivity index (χ4v) is 8.20. The van der Waals surface area contributed by atoms with Gasteiger partial charge in [0, 0.05) is 61.1 Å². The molecule has 0 amide bonds. The second-order valence-electron chi connectivity index (χ2n) is 12.2. The van der Waals surface area contributed by atoms with Gasteiger partial charge in [0.15, 0.2) is 11.4 Å². The number of nitrogens with one attached hydrogen (secondary N) is 1. The number of hydrogen-bond acceptors (Lipinski definition) is 8. The maximum absolute atomic E-state index is 13.6. The van der Waals surface area contributed by atoms with Gasteiger partial charge in [-0.15, -0.1) is 0 Å². The molecule has 0 radical (unpaired) electrons. The number of fused-ring (bicyclic) bond motifs is 5. The largest absolute Gasteiger partial charge is 0.454 e. The molecule has 5 rings (SSSR count). The second kappa shape index (κ2) is 9.15. The number of carbonyl (C=O) groups is 4. The van der Waals surface area contributed by atoms with Crippen molar-refractivity contribution >= 4 is 29.7 Å². The molecule has 2 fully saturated rings. The van der Waals surface area contributed by atoms with Crippen LogP contribution in [0.15, 0.2) is 47.6 Å². The van der Waals surface area contributed by atoms with Crippen molar-refractivity contribution in [3.63, 3.8) is 0 Å². The zero-order valence-electron chi connectivity index (χ0n) is 23.3. The summed E-state index contributed by atoms with van der Waals surface area (Å²) in [7, 11) is 1.71. The predicted molar refractivity (Wildman–Crippen MR) is 144 cm³/mol. The van der Waals surface area contributed by atoms with E-state index in [1.807, 2.05) is 32.9 Å². The summed E-state index contributed by atoms with van der Waals surface area (Å²) >= 11 is 0. The number of aliphatic hydroxyl groups is 1. The van der Waals surface area contributed by atoms with Crippen LogP contribution in [0.3, 0.4) is 0 Å². The maximum atomic E-state index is 13.6. The molecule has 2 saturated carbocycles. The van der Waals surface area contributed by atoms with Gasteiger partial charge in [0.2, 0.25) is 0 Å². The average Bonchev–Trinajstić information content (AvgIpc) is 3.28. The fraction of sp³-hybridized carbons (Fsp3) is 0.548. The highest BCUT2D eigenvalue weighted by Crippen LogP contribution is 2.77. The predicted octanol–water partition coefficient (Wildman–Crippen LogP) is 3.89. The Balaban J connectivity index is 1.68. The van der Waals surface area contributed by atoms with Crippen LogP contribution >= 0.6 is 0 Å². The van der Waals surface area contributed by atoms with Gasteiger partial charge in [-0.1, -0.05) is 50.6 Å². The molecule has 39 heavy (non-hydrogen) atoms. The Morgan fingerprint density at radius 3 is 2.51 bits per heavy atom. The van der Waals surface area contributed by atoms with E-state index in [1.54, 1.807) is 38.2 Å². The van der Waals surface area contributed by atoms with E-state index in [0.717, 1.165) is 11.9 Å². The summed E-state index contributed by atoms with van der Waals surface area (Å²) in [6.07, 6.45) is 4.14. The number of Topliss-reactive ketones (excluding diaryl/α,β-unsaturated/α-hetero) is 1. The summed E-state index contributed by atoms with van der Waals surface area (Å²) in [4.78, 5) is 51.0. The van der Waals surface area contributed by atoms with Gasteiger partial charge in [-0.05, 0) is 31.1 Å². The molecule has 0 aliphatic heterocycles. The lowest BCUT2D eigenvalue weighted by Gasteiger charge is -2.52. The molecule has 4 aliphatic rings. The highest BCUT2D eigenvalue weighted by molar-refractivity contribution is 6.00. The highest BCUT2D eigenvalue weighted by Gasteiger charge is 2.87. The standard InChI is InChI=1S/C31H37NO7/c1-16-13-22-21(25(16)35)14-19(11-12-33)15-23-26-29(4,5)31(26,39-18(3)34)27(17(2)30(22,23)37)38-28(36)20-9-7-8-10-24(20)32-6/h7-10,12-13,15,17,21-23,26-27,32,37H,11,14H2,1-6H3. The van der Waals surface area contributed by atoms with Crippen molar-refractivity contribution in [2.45, 2.75) is 64.8 Å². The topological polar surface area (TPSA) is 119 Å². The Kier molecular flexibility index (Phi) is 6.41. The van der Waals surface area contributed by atoms with Gasteiger partial charge in [-0.2, -0.15) is 0 Å². The van der Waals surface area contributed by atoms with Crippen molar-refractivity contribution in [1.29, 1.82) is 0 Å². The van der Waals surface area contributed by atoms with E-state index in [0.29, 0.717) is 23.2 Å². The van der Waals surface area contributed by atoms with E-state index >= 15 is 0 Å². The molecule has 1 aromatic carbocycles. The molecular weight excluding hydrogens is 498 g/mol. The van der Waals surface area contributed by atoms with Gasteiger partial charge in [0.05, 0.1) is 11.2 Å². The Morgan fingerprint density at radius 1 is 1.18 bits per heavy atom. The SMILES string of the molecule is CNc1ccccc1C(=O)OC1C(C)C2(O)C3C=C(C)C(=O)C3CC(CC=O)=CC2C2C(C)(C)C12OC(C)=O. The zero-order valence-corrected chi connectivity index (χ0v) is 23.3. The minimum atomic E-state index is -1.49. The van der Waals surface area contributed by atoms with Gasteiger partial charge >= 0.3 is 11.9 Å². The second-order valence-corrected chi connectivity index (χ2v) is 12.2. The number of benzene rings is 1. The average molecular weight is 536 g/mol. The molecular formula is C31H37NO7. The summed E-state index contributed by atoms with van der Waals surface area (Å²) in [6, 6.07) is 6.97. The molecule has 4 aliphatic carbocycles. The summed E-state index contributed by atoms with van der Waals surface area (Å²) < 4.78 is 12.4. The van der Waals surface area contributed by atoms with Crippen molar-refractivity contribution in [3.8, 4) is 0 Å². The monoisotopic (exact) mass is 535 g/mol. The van der Waals surface area contributed by atoms with E-state index in [2.05, 4.69) is 5.32 Å². The van der Waals surface area contributed by atoms with E-state index in [-0.39, 0.29) is 12.2 Å². The van der Waals surface area contributed by atoms with Crippen LogP contribution in [0.2, 0.25) is 0 Å². The molecule has 8 unspecified atom stereocenters. The summed E-state index contributed by atoms with van der Waals surface area (Å²) in [6.45, 7) is 8.81. The van der Waals surface area contributed by atoms with Crippen LogP contribution in [0.4, 0.5) is 5.69 Å². The highest BCUT2D eigenvalue weighted by atomic mass is 16.6. The number of carbonyl (C=O) groups excluding carboxylic acids is 4. The van der Waals surface area contributed by atoms with Crippen LogP contribution in [0, 0.1) is 35.0 Å². The van der Waals surface area contributed by atoms with Gasteiger partial charge in [-0.25, -0.2) is 4.79 Å². The molecule has 0 aromatic heterocycles. The van der Waals surface area contributed by atoms with Gasteiger partial charge in [-0.3, -0.25) is 9.59 Å². The molecule has 8 nitrogen and oxygen atoms in total. The van der Waals surface area contributed by atoms with Crippen LogP contribution in [0.25, 0.3) is 0 Å². The molecule has 0 spiro atoms. The minimum Gasteiger partial charge on any atom is -0.454 e. The van der Waals surface area contributed by atoms with Crippen LogP contribution in [0.1, 0.15) is 57.8 Å². The first-order chi connectivity index (χ1) is 18.4. The molecule has 0 heterocycles. The molecule has 0 saturated heterocycles. The Bertz CT molecular complexity index is 1310. The van der Waals surface area contributed by atoms with E-state index in [1.165, 1.54) is 6.92 Å². The van der Waals surface area contributed by atoms with Gasteiger partial charge in [0.1, 0.15) is 12.4 Å². The van der Waals surface area contributed by atoms with Gasteiger partial charge in [0.25, 0.3) is 0 Å². The lowest BCUT2D eigenvalue weighted by molar-refractivity contribution is -0.207. The first-order valence-electron chi connectivity index (χ1n) is 13.6. The number of anilines is 1. The van der Waals surface area contributed by atoms with Crippen molar-refractivity contribution < 1.29 is 33.8 Å². The lowest BCUT2D eigenvalue weighted by atomic mass is 9.60. The molecule has 0 bridgehead atoms. The number of hydrogen-bond donors (Lipinski definition) is 2. The summed E-state index contributed by atoms with van der Waals surface area (Å²) in [5, 5.41) is 15.8. The van der Waals surface area contributed by atoms with Crippen molar-refractivity contribution in [2.24, 2.45) is 35.0 Å². The smallest absolute Gasteiger partial charge is 0.340 e. The quantitative estimate of drug-likeness (QED) is 0.320. The van der Waals surface area contributed by atoms with Crippen molar-refractivity contribution in [1.82, 2.24) is 0 Å². The summed E-state index contributed by atoms with van der Waals surface area (Å²) in [5.74, 6) is -3.83. The number of rotatable bonds is 6. The Hall–Kier alpha value is -3.26. The molecule has 8 heteroatoms. The number of esters is 2. The number of allylic oxidation sites excluding steroid dienone is 2. The number of aldehydes is 1. The normalized spacial score (nSPS) is 37.7. The Labute approximate surface area is 228 Å². The van der Waals surface area contributed by atoms with Crippen LogP contribution < -0.4 is 5.32 Å². The fourth-order valence-electron chi connectivity index (χ4n) is 8.20. The van der Waals surface area contributed by atoms with Crippen LogP contribution in [-0.4, -0.2) is 53.5 Å². The summed E-state index contributed by atoms with van der Waals surface area (Å²) in [5.41, 5.74) is -1.05. The lowest BCUT2D eigenvalue weighted by Crippen LogP contribution is -2.63. The number of para-hydroxylation sites is 1. The maximum Gasteiger partial charge on any atom is 0.340 e.